The van der Waals surface area contributed by atoms with Crippen molar-refractivity contribution in [3.8, 4) is 0 Å². The minimum Gasteiger partial charge on any atom is -0.497 e. The van der Waals surface area contributed by atoms with Crippen molar-refractivity contribution in [2.75, 3.05) is 20.1 Å². The maximum Gasteiger partial charge on any atom is 0.621 e. The SMILES string of the molecule is CN1CC(=O)OB([C@@H](Br)C(=O)CC(C)(C)C(=O)OCc2ccccc2)OC(=O)C1. The molecule has 10 heteroatoms. The molecule has 0 saturated carbocycles. The minimum atomic E-state index is -1.40. The van der Waals surface area contributed by atoms with Crippen LogP contribution in [-0.4, -0.2) is 60.6 Å². The maximum absolute atomic E-state index is 12.7. The minimum absolute atomic E-state index is 0.0976. The molecule has 0 N–H and O–H groups in total. The molecule has 0 radical (unpaired) electrons. The summed E-state index contributed by atoms with van der Waals surface area (Å²) in [6, 6.07) is 9.19. The molecule has 0 aliphatic carbocycles. The third kappa shape index (κ3) is 6.97. The first-order chi connectivity index (χ1) is 13.6. The summed E-state index contributed by atoms with van der Waals surface area (Å²) >= 11 is 3.14. The van der Waals surface area contributed by atoms with Crippen molar-refractivity contribution in [1.29, 1.82) is 0 Å². The van der Waals surface area contributed by atoms with E-state index in [-0.39, 0.29) is 26.1 Å². The van der Waals surface area contributed by atoms with Gasteiger partial charge in [0, 0.05) is 6.42 Å². The van der Waals surface area contributed by atoms with E-state index in [1.165, 1.54) is 4.90 Å². The van der Waals surface area contributed by atoms with E-state index in [1.807, 2.05) is 30.3 Å². The molecule has 1 atom stereocenters. The zero-order chi connectivity index (χ0) is 21.6. The lowest BCUT2D eigenvalue weighted by molar-refractivity contribution is -0.157. The Bertz CT molecular complexity index is 751. The van der Waals surface area contributed by atoms with Crippen LogP contribution < -0.4 is 0 Å². The average Bonchev–Trinajstić information content (AvgIpc) is 2.63. The number of benzene rings is 1. The highest BCUT2D eigenvalue weighted by molar-refractivity contribution is 9.10. The van der Waals surface area contributed by atoms with E-state index in [0.29, 0.717) is 0 Å². The molecule has 2 rings (SSSR count). The number of likely N-dealkylation sites (N-methyl/N-ethyl adjacent to an activating group) is 1. The van der Waals surface area contributed by atoms with Gasteiger partial charge in [-0.3, -0.25) is 24.1 Å². The van der Waals surface area contributed by atoms with Gasteiger partial charge in [-0.05, 0) is 26.5 Å². The number of carbonyl (C=O) groups excluding carboxylic acids is 4. The highest BCUT2D eigenvalue weighted by Gasteiger charge is 2.44. The van der Waals surface area contributed by atoms with Gasteiger partial charge in [0.25, 0.3) is 0 Å². The van der Waals surface area contributed by atoms with Gasteiger partial charge in [-0.1, -0.05) is 46.3 Å². The van der Waals surface area contributed by atoms with Crippen LogP contribution in [0.5, 0.6) is 0 Å². The van der Waals surface area contributed by atoms with Crippen LogP contribution in [0.1, 0.15) is 25.8 Å². The van der Waals surface area contributed by atoms with Gasteiger partial charge < -0.3 is 14.0 Å². The Morgan fingerprint density at radius 2 is 1.72 bits per heavy atom. The average molecular weight is 468 g/mol. The number of nitrogens with zero attached hydrogens (tertiary/aromatic N) is 1. The van der Waals surface area contributed by atoms with Crippen molar-refractivity contribution in [1.82, 2.24) is 4.90 Å². The molecule has 0 amide bonds. The third-order valence-electron chi connectivity index (χ3n) is 4.22. The van der Waals surface area contributed by atoms with Crippen molar-refractivity contribution in [3.63, 3.8) is 0 Å². The van der Waals surface area contributed by atoms with Gasteiger partial charge in [-0.15, -0.1) is 0 Å². The third-order valence-corrected chi connectivity index (χ3v) is 5.16. The van der Waals surface area contributed by atoms with Crippen LogP contribution in [0.3, 0.4) is 0 Å². The molecule has 0 bridgehead atoms. The second-order valence-corrected chi connectivity index (χ2v) is 8.50. The Morgan fingerprint density at radius 1 is 1.17 bits per heavy atom. The van der Waals surface area contributed by atoms with Crippen molar-refractivity contribution in [3.05, 3.63) is 35.9 Å². The van der Waals surface area contributed by atoms with E-state index in [9.17, 15) is 19.2 Å². The lowest BCUT2D eigenvalue weighted by Crippen LogP contribution is -2.49. The van der Waals surface area contributed by atoms with E-state index in [2.05, 4.69) is 15.9 Å². The number of carbonyl (C=O) groups is 4. The number of ether oxygens (including phenoxy) is 1. The number of hydrogen-bond acceptors (Lipinski definition) is 8. The number of esters is 1. The van der Waals surface area contributed by atoms with E-state index in [1.54, 1.807) is 20.9 Å². The molecule has 156 valence electrons. The first-order valence-corrected chi connectivity index (χ1v) is 9.95. The molecule has 1 saturated heterocycles. The molecule has 29 heavy (non-hydrogen) atoms. The Hall–Kier alpha value is -2.20. The highest BCUT2D eigenvalue weighted by atomic mass is 79.9. The summed E-state index contributed by atoms with van der Waals surface area (Å²) in [7, 11) is 0.177. The first-order valence-electron chi connectivity index (χ1n) is 9.04. The summed E-state index contributed by atoms with van der Waals surface area (Å²) in [5, 5.41) is 0. The Morgan fingerprint density at radius 3 is 2.28 bits per heavy atom. The largest absolute Gasteiger partial charge is 0.621 e. The van der Waals surface area contributed by atoms with E-state index >= 15 is 0 Å². The predicted octanol–water partition coefficient (Wildman–Crippen LogP) is 1.54. The second-order valence-electron chi connectivity index (χ2n) is 7.51. The molecule has 1 heterocycles. The molecule has 1 aromatic rings. The summed E-state index contributed by atoms with van der Waals surface area (Å²) < 4.78 is 14.4. The van der Waals surface area contributed by atoms with Gasteiger partial charge in [-0.2, -0.15) is 0 Å². The predicted molar refractivity (Wildman–Crippen MR) is 108 cm³/mol. The van der Waals surface area contributed by atoms with Crippen LogP contribution in [0.15, 0.2) is 30.3 Å². The standard InChI is InChI=1S/C19H23BBrNO7/c1-19(2,18(26)27-12-13-7-5-4-6-8-13)9-14(23)17(21)20-28-15(24)10-22(3)11-16(25)29-20/h4-8,17H,9-12H2,1-3H3/t17-/m0/s1. The van der Waals surface area contributed by atoms with Crippen LogP contribution in [0.2, 0.25) is 0 Å². The summed E-state index contributed by atoms with van der Waals surface area (Å²) in [6.45, 7) is 3.07. The molecule has 0 unspecified atom stereocenters. The summed E-state index contributed by atoms with van der Waals surface area (Å²) in [5.41, 5.74) is -0.284. The van der Waals surface area contributed by atoms with Crippen LogP contribution >= 0.6 is 15.9 Å². The van der Waals surface area contributed by atoms with Crippen LogP contribution in [0.4, 0.5) is 0 Å². The number of ketones is 1. The summed E-state index contributed by atoms with van der Waals surface area (Å²) in [5.74, 6) is -2.23. The van der Waals surface area contributed by atoms with E-state index in [4.69, 9.17) is 14.0 Å². The number of Topliss-reactive ketones (excluding diaryl/α,β-unsaturated/α-hetero) is 1. The first kappa shape index (κ1) is 23.1. The fourth-order valence-electron chi connectivity index (χ4n) is 2.65. The zero-order valence-corrected chi connectivity index (χ0v) is 18.1. The molecule has 1 fully saturated rings. The number of hydrogen-bond donors (Lipinski definition) is 0. The smallest absolute Gasteiger partial charge is 0.497 e. The molecular formula is C19H23BBrNO7. The fourth-order valence-corrected chi connectivity index (χ4v) is 3.03. The normalized spacial score (nSPS) is 16.9. The maximum atomic E-state index is 12.7. The van der Waals surface area contributed by atoms with Crippen LogP contribution in [0, 0.1) is 5.41 Å². The van der Waals surface area contributed by atoms with Crippen molar-refractivity contribution in [2.45, 2.75) is 31.6 Å². The monoisotopic (exact) mass is 467 g/mol. The molecular weight excluding hydrogens is 445 g/mol. The molecule has 1 aliphatic heterocycles. The van der Waals surface area contributed by atoms with Crippen LogP contribution in [-0.2, 0) is 39.8 Å². The summed E-state index contributed by atoms with van der Waals surface area (Å²) in [4.78, 5) is 50.2. The molecule has 8 nitrogen and oxygen atoms in total. The molecule has 0 spiro atoms. The van der Waals surface area contributed by atoms with Gasteiger partial charge >= 0.3 is 25.0 Å². The highest BCUT2D eigenvalue weighted by Crippen LogP contribution is 2.26. The van der Waals surface area contributed by atoms with E-state index in [0.717, 1.165) is 5.56 Å². The fraction of sp³-hybridized carbons (Fsp3) is 0.474. The van der Waals surface area contributed by atoms with E-state index < -0.39 is 41.0 Å². The lowest BCUT2D eigenvalue weighted by Gasteiger charge is -2.26. The van der Waals surface area contributed by atoms with Gasteiger partial charge in [-0.25, -0.2) is 0 Å². The lowest BCUT2D eigenvalue weighted by atomic mass is 9.76. The number of rotatable bonds is 7. The molecule has 1 aliphatic rings. The second kappa shape index (κ2) is 10.0. The van der Waals surface area contributed by atoms with Gasteiger partial charge in [0.2, 0.25) is 0 Å². The number of halogens is 1. The van der Waals surface area contributed by atoms with Gasteiger partial charge in [0.05, 0.1) is 18.5 Å². The molecule has 0 aromatic heterocycles. The van der Waals surface area contributed by atoms with Gasteiger partial charge in [0.15, 0.2) is 0 Å². The Labute approximate surface area is 178 Å². The quantitative estimate of drug-likeness (QED) is 0.338. The topological polar surface area (TPSA) is 99.2 Å². The summed E-state index contributed by atoms with van der Waals surface area (Å²) in [6.07, 6.45) is -0.192. The Kier molecular flexibility index (Phi) is 7.98. The van der Waals surface area contributed by atoms with Gasteiger partial charge in [0.1, 0.15) is 17.1 Å². The van der Waals surface area contributed by atoms with Crippen molar-refractivity contribution in [2.24, 2.45) is 5.41 Å². The van der Waals surface area contributed by atoms with Crippen LogP contribution in [0.25, 0.3) is 0 Å². The van der Waals surface area contributed by atoms with Crippen molar-refractivity contribution >= 4 is 46.7 Å². The zero-order valence-electron chi connectivity index (χ0n) is 16.6. The Balaban J connectivity index is 1.96. The van der Waals surface area contributed by atoms with Crippen molar-refractivity contribution < 1.29 is 33.2 Å². The molecule has 1 aromatic carbocycles. The number of alkyl halides is 1.